The molecule has 1 heterocycles. The van der Waals surface area contributed by atoms with Crippen molar-refractivity contribution in [1.82, 2.24) is 9.97 Å². The van der Waals surface area contributed by atoms with E-state index in [2.05, 4.69) is 42.1 Å². The Morgan fingerprint density at radius 1 is 1.11 bits per heavy atom. The van der Waals surface area contributed by atoms with Crippen LogP contribution in [0.25, 0.3) is 0 Å². The molecule has 2 rings (SSSR count). The summed E-state index contributed by atoms with van der Waals surface area (Å²) in [5.41, 5.74) is 3.22. The van der Waals surface area contributed by atoms with Gasteiger partial charge in [-0.15, -0.1) is 0 Å². The Labute approximate surface area is 115 Å². The van der Waals surface area contributed by atoms with E-state index < -0.39 is 0 Å². The molecule has 0 atom stereocenters. The largest absolute Gasteiger partial charge is 0.324 e. The number of nitrogens with zero attached hydrogens (tertiary/aromatic N) is 2. The number of hydrogen-bond donors (Lipinski definition) is 1. The van der Waals surface area contributed by atoms with E-state index in [0.29, 0.717) is 11.9 Å². The molecule has 1 aromatic carbocycles. The topological polar surface area (TPSA) is 37.8 Å². The Balaban J connectivity index is 2.28. The Hall–Kier alpha value is -1.90. The number of para-hydroxylation sites is 1. The molecule has 0 spiro atoms. The minimum Gasteiger partial charge on any atom is -0.324 e. The van der Waals surface area contributed by atoms with Crippen molar-refractivity contribution < 1.29 is 0 Å². The van der Waals surface area contributed by atoms with Gasteiger partial charge in [0.2, 0.25) is 5.95 Å². The minimum atomic E-state index is 0.412. The second-order valence-corrected chi connectivity index (χ2v) is 5.00. The lowest BCUT2D eigenvalue weighted by atomic mass is 10.1. The van der Waals surface area contributed by atoms with E-state index in [0.717, 1.165) is 29.9 Å². The van der Waals surface area contributed by atoms with Gasteiger partial charge >= 0.3 is 0 Å². The van der Waals surface area contributed by atoms with Crippen LogP contribution in [0.2, 0.25) is 0 Å². The summed E-state index contributed by atoms with van der Waals surface area (Å²) in [6.07, 6.45) is 2.09. The number of rotatable bonds is 5. The lowest BCUT2D eigenvalue weighted by Crippen LogP contribution is -2.04. The zero-order valence-electron chi connectivity index (χ0n) is 11.9. The maximum Gasteiger partial charge on any atom is 0.227 e. The number of aryl methyl sites for hydroxylation is 1. The van der Waals surface area contributed by atoms with Crippen molar-refractivity contribution in [1.29, 1.82) is 0 Å². The van der Waals surface area contributed by atoms with Crippen LogP contribution < -0.4 is 5.32 Å². The maximum absolute atomic E-state index is 4.59. The summed E-state index contributed by atoms with van der Waals surface area (Å²) in [6.45, 7) is 6.48. The highest BCUT2D eigenvalue weighted by atomic mass is 15.1. The highest BCUT2D eigenvalue weighted by Gasteiger charge is 2.07. The van der Waals surface area contributed by atoms with Gasteiger partial charge in [-0.1, -0.05) is 45.4 Å². The molecule has 19 heavy (non-hydrogen) atoms. The van der Waals surface area contributed by atoms with Gasteiger partial charge in [-0.3, -0.25) is 0 Å². The third-order valence-electron chi connectivity index (χ3n) is 2.93. The summed E-state index contributed by atoms with van der Waals surface area (Å²) in [5.74, 6) is 1.11. The highest BCUT2D eigenvalue weighted by molar-refractivity contribution is 5.52. The summed E-state index contributed by atoms with van der Waals surface area (Å²) in [4.78, 5) is 9.17. The summed E-state index contributed by atoms with van der Waals surface area (Å²) in [6, 6.07) is 12.2. The first kappa shape index (κ1) is 13.5. The Kier molecular flexibility index (Phi) is 4.50. The van der Waals surface area contributed by atoms with E-state index in [4.69, 9.17) is 0 Å². The van der Waals surface area contributed by atoms with Crippen molar-refractivity contribution in [2.75, 3.05) is 5.32 Å². The molecule has 0 amide bonds. The van der Waals surface area contributed by atoms with Crippen molar-refractivity contribution in [3.63, 3.8) is 0 Å². The van der Waals surface area contributed by atoms with Crippen LogP contribution in [-0.2, 0) is 6.42 Å². The first-order chi connectivity index (χ1) is 9.19. The van der Waals surface area contributed by atoms with Crippen LogP contribution in [0, 0.1) is 0 Å². The minimum absolute atomic E-state index is 0.412. The molecule has 3 heteroatoms. The van der Waals surface area contributed by atoms with Crippen LogP contribution in [0.5, 0.6) is 0 Å². The monoisotopic (exact) mass is 255 g/mol. The van der Waals surface area contributed by atoms with Crippen LogP contribution >= 0.6 is 0 Å². The molecule has 0 radical (unpaired) electrons. The van der Waals surface area contributed by atoms with E-state index in [1.807, 2.05) is 30.3 Å². The van der Waals surface area contributed by atoms with Gasteiger partial charge in [-0.05, 0) is 30.5 Å². The molecule has 0 fully saturated rings. The number of aromatic nitrogens is 2. The second kappa shape index (κ2) is 6.32. The molecule has 2 aromatic rings. The van der Waals surface area contributed by atoms with Crippen LogP contribution in [0.1, 0.15) is 44.5 Å². The second-order valence-electron chi connectivity index (χ2n) is 5.00. The fourth-order valence-corrected chi connectivity index (χ4v) is 1.91. The average Bonchev–Trinajstić information content (AvgIpc) is 2.40. The smallest absolute Gasteiger partial charge is 0.227 e. The van der Waals surface area contributed by atoms with E-state index in [-0.39, 0.29) is 0 Å². The van der Waals surface area contributed by atoms with Crippen LogP contribution in [0.15, 0.2) is 36.4 Å². The van der Waals surface area contributed by atoms with Crippen molar-refractivity contribution in [2.24, 2.45) is 0 Å². The normalized spacial score (nSPS) is 10.7. The van der Waals surface area contributed by atoms with Gasteiger partial charge in [0, 0.05) is 17.1 Å². The molecular weight excluding hydrogens is 234 g/mol. The van der Waals surface area contributed by atoms with Gasteiger partial charge in [0.05, 0.1) is 0 Å². The maximum atomic E-state index is 4.59. The first-order valence-electron chi connectivity index (χ1n) is 6.89. The quantitative estimate of drug-likeness (QED) is 0.865. The van der Waals surface area contributed by atoms with Gasteiger partial charge < -0.3 is 5.32 Å². The molecule has 1 aromatic heterocycles. The summed E-state index contributed by atoms with van der Waals surface area (Å²) in [5, 5.41) is 3.28. The first-order valence-corrected chi connectivity index (χ1v) is 6.89. The molecule has 0 bridgehead atoms. The van der Waals surface area contributed by atoms with Gasteiger partial charge in [0.25, 0.3) is 0 Å². The summed E-state index contributed by atoms with van der Waals surface area (Å²) in [7, 11) is 0. The molecule has 0 saturated heterocycles. The Bertz CT molecular complexity index is 521. The van der Waals surface area contributed by atoms with Crippen LogP contribution in [-0.4, -0.2) is 9.97 Å². The van der Waals surface area contributed by atoms with Crippen LogP contribution in [0.3, 0.4) is 0 Å². The van der Waals surface area contributed by atoms with E-state index in [1.54, 1.807) is 0 Å². The van der Waals surface area contributed by atoms with E-state index >= 15 is 0 Å². The Morgan fingerprint density at radius 2 is 1.84 bits per heavy atom. The predicted octanol–water partition coefficient (Wildman–Crippen LogP) is 4.30. The fourth-order valence-electron chi connectivity index (χ4n) is 1.91. The summed E-state index contributed by atoms with van der Waals surface area (Å²) >= 11 is 0. The van der Waals surface area contributed by atoms with Gasteiger partial charge in [-0.25, -0.2) is 9.97 Å². The molecule has 0 saturated carbocycles. The molecular formula is C16H21N3. The SMILES string of the molecule is CCCc1cc(C(C)C)nc(Nc2ccccc2)n1. The number of benzene rings is 1. The number of hydrogen-bond acceptors (Lipinski definition) is 3. The third kappa shape index (κ3) is 3.78. The molecule has 0 aliphatic carbocycles. The van der Waals surface area contributed by atoms with Crippen LogP contribution in [0.4, 0.5) is 11.6 Å². The van der Waals surface area contributed by atoms with Crippen molar-refractivity contribution in [3.05, 3.63) is 47.8 Å². The van der Waals surface area contributed by atoms with Gasteiger partial charge in [0.15, 0.2) is 0 Å². The number of anilines is 2. The molecule has 0 aliphatic heterocycles. The predicted molar refractivity (Wildman–Crippen MR) is 79.8 cm³/mol. The lowest BCUT2D eigenvalue weighted by Gasteiger charge is -2.11. The van der Waals surface area contributed by atoms with Gasteiger partial charge in [0.1, 0.15) is 0 Å². The van der Waals surface area contributed by atoms with Crippen molar-refractivity contribution in [2.45, 2.75) is 39.5 Å². The average molecular weight is 255 g/mol. The standard InChI is InChI=1S/C16H21N3/c1-4-8-14-11-15(12(2)3)19-16(18-14)17-13-9-6-5-7-10-13/h5-7,9-12H,4,8H2,1-3H3,(H,17,18,19). The van der Waals surface area contributed by atoms with E-state index in [1.165, 1.54) is 0 Å². The fraction of sp³-hybridized carbons (Fsp3) is 0.375. The zero-order chi connectivity index (χ0) is 13.7. The highest BCUT2D eigenvalue weighted by Crippen LogP contribution is 2.18. The van der Waals surface area contributed by atoms with Crippen molar-refractivity contribution >= 4 is 11.6 Å². The third-order valence-corrected chi connectivity index (χ3v) is 2.93. The molecule has 3 nitrogen and oxygen atoms in total. The van der Waals surface area contributed by atoms with E-state index in [9.17, 15) is 0 Å². The molecule has 0 unspecified atom stereocenters. The number of nitrogens with one attached hydrogen (secondary N) is 1. The molecule has 1 N–H and O–H groups in total. The summed E-state index contributed by atoms with van der Waals surface area (Å²) < 4.78 is 0. The zero-order valence-corrected chi connectivity index (χ0v) is 11.9. The molecule has 0 aliphatic rings. The molecule has 100 valence electrons. The lowest BCUT2D eigenvalue weighted by molar-refractivity contribution is 0.794. The van der Waals surface area contributed by atoms with Gasteiger partial charge in [-0.2, -0.15) is 0 Å². The Morgan fingerprint density at radius 3 is 2.47 bits per heavy atom. The van der Waals surface area contributed by atoms with Crippen molar-refractivity contribution in [3.8, 4) is 0 Å².